The molecule has 68 valence electrons. The van der Waals surface area contributed by atoms with Crippen molar-refractivity contribution in [3.8, 4) is 0 Å². The number of fused-ring (bicyclic) bond motifs is 2. The summed E-state index contributed by atoms with van der Waals surface area (Å²) >= 11 is 0. The van der Waals surface area contributed by atoms with E-state index in [2.05, 4.69) is 10.2 Å². The van der Waals surface area contributed by atoms with Gasteiger partial charge in [-0.05, 0) is 51.2 Å². The third-order valence-electron chi connectivity index (χ3n) is 4.18. The zero-order valence-electron chi connectivity index (χ0n) is 7.68. The first-order chi connectivity index (χ1) is 5.89. The van der Waals surface area contributed by atoms with E-state index in [4.69, 9.17) is 0 Å². The maximum Gasteiger partial charge on any atom is 0.0348 e. The second kappa shape index (κ2) is 2.46. The van der Waals surface area contributed by atoms with E-state index in [1.54, 1.807) is 0 Å². The molecular formula is C10H18N2. The molecule has 0 radical (unpaired) electrons. The SMILES string of the molecule is C1CC2(CN1)CC1CCN2CC1. The van der Waals surface area contributed by atoms with Gasteiger partial charge in [-0.2, -0.15) is 0 Å². The van der Waals surface area contributed by atoms with Crippen molar-refractivity contribution in [1.82, 2.24) is 10.2 Å². The normalized spacial score (nSPS) is 52.0. The second-order valence-electron chi connectivity index (χ2n) is 4.79. The Morgan fingerprint density at radius 3 is 2.58 bits per heavy atom. The minimum absolute atomic E-state index is 0.612. The lowest BCUT2D eigenvalue weighted by Gasteiger charge is -2.52. The highest BCUT2D eigenvalue weighted by Crippen LogP contribution is 2.41. The zero-order chi connectivity index (χ0) is 8.02. The Morgan fingerprint density at radius 1 is 1.25 bits per heavy atom. The van der Waals surface area contributed by atoms with Crippen LogP contribution in [-0.4, -0.2) is 36.6 Å². The Morgan fingerprint density at radius 2 is 2.08 bits per heavy atom. The number of piperidine rings is 3. The van der Waals surface area contributed by atoms with Gasteiger partial charge in [0, 0.05) is 12.1 Å². The molecule has 4 fully saturated rings. The van der Waals surface area contributed by atoms with Crippen molar-refractivity contribution in [1.29, 1.82) is 0 Å². The summed E-state index contributed by atoms with van der Waals surface area (Å²) in [6.07, 6.45) is 5.84. The Hall–Kier alpha value is -0.0800. The molecule has 2 nitrogen and oxygen atoms in total. The minimum Gasteiger partial charge on any atom is -0.315 e. The number of rotatable bonds is 0. The van der Waals surface area contributed by atoms with Crippen LogP contribution in [0.3, 0.4) is 0 Å². The Kier molecular flexibility index (Phi) is 1.50. The molecule has 4 aliphatic heterocycles. The third-order valence-corrected chi connectivity index (χ3v) is 4.18. The highest BCUT2D eigenvalue weighted by atomic mass is 15.3. The van der Waals surface area contributed by atoms with Crippen LogP contribution in [-0.2, 0) is 0 Å². The maximum atomic E-state index is 3.53. The van der Waals surface area contributed by atoms with Gasteiger partial charge < -0.3 is 5.32 Å². The molecule has 0 aliphatic carbocycles. The van der Waals surface area contributed by atoms with Crippen molar-refractivity contribution in [2.24, 2.45) is 5.92 Å². The monoisotopic (exact) mass is 166 g/mol. The van der Waals surface area contributed by atoms with E-state index in [9.17, 15) is 0 Å². The smallest absolute Gasteiger partial charge is 0.0348 e. The van der Waals surface area contributed by atoms with E-state index in [0.717, 1.165) is 5.92 Å². The summed E-state index contributed by atoms with van der Waals surface area (Å²) in [6.45, 7) is 5.28. The highest BCUT2D eigenvalue weighted by Gasteiger charge is 2.46. The van der Waals surface area contributed by atoms with Crippen LogP contribution in [0.2, 0.25) is 0 Å². The van der Waals surface area contributed by atoms with Crippen LogP contribution in [0.5, 0.6) is 0 Å². The molecule has 1 unspecified atom stereocenters. The van der Waals surface area contributed by atoms with Gasteiger partial charge in [0.05, 0.1) is 0 Å². The molecule has 0 saturated carbocycles. The second-order valence-corrected chi connectivity index (χ2v) is 4.79. The van der Waals surface area contributed by atoms with E-state index in [-0.39, 0.29) is 0 Å². The molecule has 4 saturated heterocycles. The van der Waals surface area contributed by atoms with Crippen LogP contribution in [0.25, 0.3) is 0 Å². The van der Waals surface area contributed by atoms with E-state index in [1.807, 2.05) is 0 Å². The molecule has 1 atom stereocenters. The molecule has 4 aliphatic rings. The molecular weight excluding hydrogens is 148 g/mol. The van der Waals surface area contributed by atoms with E-state index >= 15 is 0 Å². The van der Waals surface area contributed by atoms with Crippen molar-refractivity contribution in [3.63, 3.8) is 0 Å². The first-order valence-electron chi connectivity index (χ1n) is 5.35. The van der Waals surface area contributed by atoms with Crippen LogP contribution in [0.1, 0.15) is 25.7 Å². The number of hydrogen-bond acceptors (Lipinski definition) is 2. The van der Waals surface area contributed by atoms with E-state index in [1.165, 1.54) is 51.9 Å². The molecule has 0 aromatic carbocycles. The average molecular weight is 166 g/mol. The fourth-order valence-electron chi connectivity index (χ4n) is 3.45. The van der Waals surface area contributed by atoms with Gasteiger partial charge in [0.25, 0.3) is 0 Å². The largest absolute Gasteiger partial charge is 0.315 e. The van der Waals surface area contributed by atoms with E-state index < -0.39 is 0 Å². The van der Waals surface area contributed by atoms with Gasteiger partial charge in [0.1, 0.15) is 0 Å². The van der Waals surface area contributed by atoms with Gasteiger partial charge in [-0.1, -0.05) is 0 Å². The summed E-state index contributed by atoms with van der Waals surface area (Å²) in [5.74, 6) is 1.06. The summed E-state index contributed by atoms with van der Waals surface area (Å²) in [6, 6.07) is 0. The molecule has 1 N–H and O–H groups in total. The summed E-state index contributed by atoms with van der Waals surface area (Å²) < 4.78 is 0. The number of hydrogen-bond donors (Lipinski definition) is 1. The molecule has 4 heterocycles. The molecule has 4 rings (SSSR count). The lowest BCUT2D eigenvalue weighted by molar-refractivity contribution is -0.0167. The van der Waals surface area contributed by atoms with Crippen LogP contribution >= 0.6 is 0 Å². The third kappa shape index (κ3) is 0.882. The van der Waals surface area contributed by atoms with Gasteiger partial charge in [-0.25, -0.2) is 0 Å². The molecule has 0 aromatic rings. The molecule has 0 amide bonds. The Labute approximate surface area is 74.3 Å². The van der Waals surface area contributed by atoms with Gasteiger partial charge in [0.2, 0.25) is 0 Å². The van der Waals surface area contributed by atoms with Gasteiger partial charge in [0.15, 0.2) is 0 Å². The lowest BCUT2D eigenvalue weighted by Crippen LogP contribution is -2.59. The summed E-state index contributed by atoms with van der Waals surface area (Å²) in [5.41, 5.74) is 0.612. The van der Waals surface area contributed by atoms with Crippen molar-refractivity contribution in [3.05, 3.63) is 0 Å². The van der Waals surface area contributed by atoms with Crippen LogP contribution in [0, 0.1) is 5.92 Å². The molecule has 1 spiro atoms. The maximum absolute atomic E-state index is 3.53. The predicted molar refractivity (Wildman–Crippen MR) is 49.1 cm³/mol. The number of nitrogens with zero attached hydrogens (tertiary/aromatic N) is 1. The molecule has 12 heavy (non-hydrogen) atoms. The number of nitrogens with one attached hydrogen (secondary N) is 1. The van der Waals surface area contributed by atoms with E-state index in [0.29, 0.717) is 5.54 Å². The first kappa shape index (κ1) is 7.34. The summed E-state index contributed by atoms with van der Waals surface area (Å²) in [7, 11) is 0. The fourth-order valence-corrected chi connectivity index (χ4v) is 3.45. The van der Waals surface area contributed by atoms with Gasteiger partial charge >= 0.3 is 0 Å². The van der Waals surface area contributed by atoms with Crippen molar-refractivity contribution >= 4 is 0 Å². The van der Waals surface area contributed by atoms with Crippen LogP contribution in [0.15, 0.2) is 0 Å². The van der Waals surface area contributed by atoms with Crippen molar-refractivity contribution < 1.29 is 0 Å². The first-order valence-corrected chi connectivity index (χ1v) is 5.35. The van der Waals surface area contributed by atoms with Crippen molar-refractivity contribution in [2.75, 3.05) is 26.2 Å². The predicted octanol–water partition coefficient (Wildman–Crippen LogP) is 0.834. The van der Waals surface area contributed by atoms with Gasteiger partial charge in [-0.3, -0.25) is 4.90 Å². The lowest BCUT2D eigenvalue weighted by atomic mass is 9.74. The Balaban J connectivity index is 1.86. The summed E-state index contributed by atoms with van der Waals surface area (Å²) in [5, 5.41) is 3.53. The van der Waals surface area contributed by atoms with Gasteiger partial charge in [-0.15, -0.1) is 0 Å². The fraction of sp³-hybridized carbons (Fsp3) is 1.00. The zero-order valence-corrected chi connectivity index (χ0v) is 7.68. The topological polar surface area (TPSA) is 15.3 Å². The van der Waals surface area contributed by atoms with Crippen molar-refractivity contribution in [2.45, 2.75) is 31.2 Å². The molecule has 2 bridgehead atoms. The van der Waals surface area contributed by atoms with Crippen LogP contribution in [0.4, 0.5) is 0 Å². The minimum atomic E-state index is 0.612. The molecule has 2 heteroatoms. The standard InChI is InChI=1S/C10H18N2/c1-5-12-6-2-9(1)7-10(12)3-4-11-8-10/h9,11H,1-8H2. The Bertz CT molecular complexity index is 176. The highest BCUT2D eigenvalue weighted by molar-refractivity contribution is 5.04. The van der Waals surface area contributed by atoms with Crippen LogP contribution < -0.4 is 5.32 Å². The molecule has 0 aromatic heterocycles. The summed E-state index contributed by atoms with van der Waals surface area (Å²) in [4.78, 5) is 2.76. The quantitative estimate of drug-likeness (QED) is 0.573. The average Bonchev–Trinajstić information content (AvgIpc) is 2.55.